The maximum absolute atomic E-state index is 11.6. The third-order valence-corrected chi connectivity index (χ3v) is 2.63. The highest BCUT2D eigenvalue weighted by molar-refractivity contribution is 6.31. The largest absolute Gasteiger partial charge is 0.444 e. The molecular formula is C14H18ClNO3. The van der Waals surface area contributed by atoms with Crippen molar-refractivity contribution in [3.8, 4) is 0 Å². The van der Waals surface area contributed by atoms with Crippen molar-refractivity contribution in [3.63, 3.8) is 0 Å². The molecule has 0 aliphatic heterocycles. The summed E-state index contributed by atoms with van der Waals surface area (Å²) in [5.74, 6) is 0. The Kier molecular flexibility index (Phi) is 5.36. The molecule has 0 fully saturated rings. The standard InChI is InChI=1S/C14H18ClNO3/c1-14(2,3)19-13(18)16-11(9-17)8-10-6-4-5-7-12(10)15/h4-7,9,11H,8H2,1-3H3,(H,16,18)/t11-/m0/s1. The molecule has 0 unspecified atom stereocenters. The maximum Gasteiger partial charge on any atom is 0.408 e. The van der Waals surface area contributed by atoms with Crippen molar-refractivity contribution in [2.24, 2.45) is 0 Å². The Bertz CT molecular complexity index is 454. The van der Waals surface area contributed by atoms with Crippen LogP contribution in [0.3, 0.4) is 0 Å². The third-order valence-electron chi connectivity index (χ3n) is 2.26. The minimum atomic E-state index is -0.658. The van der Waals surface area contributed by atoms with Crippen LogP contribution in [-0.2, 0) is 16.0 Å². The highest BCUT2D eigenvalue weighted by Gasteiger charge is 2.19. The number of amides is 1. The molecule has 0 spiro atoms. The van der Waals surface area contributed by atoms with E-state index in [9.17, 15) is 9.59 Å². The van der Waals surface area contributed by atoms with Crippen LogP contribution in [0.2, 0.25) is 5.02 Å². The minimum Gasteiger partial charge on any atom is -0.444 e. The van der Waals surface area contributed by atoms with Gasteiger partial charge >= 0.3 is 6.09 Å². The van der Waals surface area contributed by atoms with E-state index in [0.29, 0.717) is 17.7 Å². The van der Waals surface area contributed by atoms with Crippen molar-refractivity contribution >= 4 is 24.0 Å². The van der Waals surface area contributed by atoms with E-state index in [2.05, 4.69) is 5.32 Å². The van der Waals surface area contributed by atoms with Gasteiger partial charge in [0.25, 0.3) is 0 Å². The second-order valence-electron chi connectivity index (χ2n) is 5.18. The second-order valence-corrected chi connectivity index (χ2v) is 5.59. The molecule has 19 heavy (non-hydrogen) atoms. The summed E-state index contributed by atoms with van der Waals surface area (Å²) in [6.45, 7) is 5.28. The van der Waals surface area contributed by atoms with Gasteiger partial charge < -0.3 is 14.8 Å². The molecule has 104 valence electrons. The van der Waals surface area contributed by atoms with Gasteiger partial charge in [-0.15, -0.1) is 0 Å². The van der Waals surface area contributed by atoms with Crippen LogP contribution in [0, 0.1) is 0 Å². The van der Waals surface area contributed by atoms with E-state index in [-0.39, 0.29) is 0 Å². The molecule has 1 N–H and O–H groups in total. The summed E-state index contributed by atoms with van der Waals surface area (Å²) in [6.07, 6.45) is 0.395. The Balaban J connectivity index is 2.62. The van der Waals surface area contributed by atoms with Gasteiger partial charge in [0, 0.05) is 11.4 Å². The number of carbonyl (C=O) groups excluding carboxylic acids is 2. The topological polar surface area (TPSA) is 55.4 Å². The molecule has 0 aromatic heterocycles. The first kappa shape index (κ1) is 15.5. The zero-order valence-corrected chi connectivity index (χ0v) is 12.0. The molecule has 0 radical (unpaired) electrons. The first-order chi connectivity index (χ1) is 8.81. The number of ether oxygens (including phenoxy) is 1. The molecule has 1 amide bonds. The first-order valence-electron chi connectivity index (χ1n) is 6.00. The molecule has 1 aromatic carbocycles. The van der Waals surface area contributed by atoms with Gasteiger partial charge in [-0.1, -0.05) is 29.8 Å². The van der Waals surface area contributed by atoms with Crippen LogP contribution in [-0.4, -0.2) is 24.0 Å². The highest BCUT2D eigenvalue weighted by atomic mass is 35.5. The molecule has 5 heteroatoms. The van der Waals surface area contributed by atoms with Gasteiger partial charge in [0.15, 0.2) is 0 Å². The Morgan fingerprint density at radius 2 is 2.05 bits per heavy atom. The van der Waals surface area contributed by atoms with Crippen LogP contribution in [0.15, 0.2) is 24.3 Å². The maximum atomic E-state index is 11.6. The Hall–Kier alpha value is -1.55. The summed E-state index contributed by atoms with van der Waals surface area (Å²) in [4.78, 5) is 22.6. The van der Waals surface area contributed by atoms with Gasteiger partial charge in [-0.25, -0.2) is 4.79 Å². The van der Waals surface area contributed by atoms with Crippen LogP contribution in [0.5, 0.6) is 0 Å². The van der Waals surface area contributed by atoms with E-state index >= 15 is 0 Å². The number of rotatable bonds is 4. The van der Waals surface area contributed by atoms with Gasteiger partial charge in [-0.05, 0) is 32.4 Å². The molecule has 0 saturated carbocycles. The molecule has 0 heterocycles. The lowest BCUT2D eigenvalue weighted by molar-refractivity contribution is -0.109. The second kappa shape index (κ2) is 6.57. The number of carbonyl (C=O) groups is 2. The number of aldehydes is 1. The van der Waals surface area contributed by atoms with Crippen LogP contribution < -0.4 is 5.32 Å². The summed E-state index contributed by atoms with van der Waals surface area (Å²) < 4.78 is 5.10. The van der Waals surface area contributed by atoms with Crippen LogP contribution in [0.4, 0.5) is 4.79 Å². The number of hydrogen-bond donors (Lipinski definition) is 1. The summed E-state index contributed by atoms with van der Waals surface area (Å²) in [6, 6.07) is 6.54. The molecular weight excluding hydrogens is 266 g/mol. The lowest BCUT2D eigenvalue weighted by atomic mass is 10.1. The van der Waals surface area contributed by atoms with E-state index in [1.54, 1.807) is 26.8 Å². The zero-order chi connectivity index (χ0) is 14.5. The molecule has 0 aliphatic rings. The number of benzene rings is 1. The number of nitrogens with one attached hydrogen (secondary N) is 1. The van der Waals surface area contributed by atoms with Crippen LogP contribution in [0.1, 0.15) is 26.3 Å². The molecule has 0 saturated heterocycles. The summed E-state index contributed by atoms with van der Waals surface area (Å²) in [5, 5.41) is 3.08. The fourth-order valence-electron chi connectivity index (χ4n) is 1.49. The van der Waals surface area contributed by atoms with E-state index in [0.717, 1.165) is 5.56 Å². The Labute approximate surface area is 118 Å². The lowest BCUT2D eigenvalue weighted by Crippen LogP contribution is -2.41. The number of alkyl carbamates (subject to hydrolysis) is 1. The normalized spacial score (nSPS) is 12.6. The minimum absolute atomic E-state index is 0.336. The van der Waals surface area contributed by atoms with E-state index < -0.39 is 17.7 Å². The van der Waals surface area contributed by atoms with Crippen molar-refractivity contribution in [2.45, 2.75) is 38.8 Å². The number of hydrogen-bond acceptors (Lipinski definition) is 3. The first-order valence-corrected chi connectivity index (χ1v) is 6.38. The number of halogens is 1. The van der Waals surface area contributed by atoms with Gasteiger partial charge in [-0.3, -0.25) is 0 Å². The lowest BCUT2D eigenvalue weighted by Gasteiger charge is -2.21. The van der Waals surface area contributed by atoms with Gasteiger partial charge in [-0.2, -0.15) is 0 Å². The average Bonchev–Trinajstić information content (AvgIpc) is 2.28. The highest BCUT2D eigenvalue weighted by Crippen LogP contribution is 2.16. The third kappa shape index (κ3) is 5.75. The van der Waals surface area contributed by atoms with Crippen molar-refractivity contribution in [1.29, 1.82) is 0 Å². The smallest absolute Gasteiger partial charge is 0.408 e. The average molecular weight is 284 g/mol. The monoisotopic (exact) mass is 283 g/mol. The predicted octanol–water partition coefficient (Wildman–Crippen LogP) is 2.97. The summed E-state index contributed by atoms with van der Waals surface area (Å²) in [5.41, 5.74) is 0.208. The van der Waals surface area contributed by atoms with Crippen molar-refractivity contribution in [3.05, 3.63) is 34.9 Å². The van der Waals surface area contributed by atoms with Crippen molar-refractivity contribution in [1.82, 2.24) is 5.32 Å². The Morgan fingerprint density at radius 3 is 2.58 bits per heavy atom. The quantitative estimate of drug-likeness (QED) is 0.864. The van der Waals surface area contributed by atoms with E-state index in [1.807, 2.05) is 18.2 Å². The fourth-order valence-corrected chi connectivity index (χ4v) is 1.71. The van der Waals surface area contributed by atoms with Crippen molar-refractivity contribution < 1.29 is 14.3 Å². The van der Waals surface area contributed by atoms with Gasteiger partial charge in [0.05, 0.1) is 6.04 Å². The van der Waals surface area contributed by atoms with Gasteiger partial charge in [0.1, 0.15) is 11.9 Å². The SMILES string of the molecule is CC(C)(C)OC(=O)N[C@H](C=O)Cc1ccccc1Cl. The molecule has 0 aliphatic carbocycles. The Morgan fingerprint density at radius 1 is 1.42 bits per heavy atom. The molecule has 1 aromatic rings. The van der Waals surface area contributed by atoms with Crippen LogP contribution >= 0.6 is 11.6 Å². The summed E-state index contributed by atoms with van der Waals surface area (Å²) >= 11 is 6.01. The van der Waals surface area contributed by atoms with Crippen LogP contribution in [0.25, 0.3) is 0 Å². The molecule has 1 atom stereocenters. The molecule has 4 nitrogen and oxygen atoms in total. The molecule has 0 bridgehead atoms. The zero-order valence-electron chi connectivity index (χ0n) is 11.3. The molecule has 1 rings (SSSR count). The fraction of sp³-hybridized carbons (Fsp3) is 0.429. The van der Waals surface area contributed by atoms with Crippen molar-refractivity contribution in [2.75, 3.05) is 0 Å². The summed E-state index contributed by atoms with van der Waals surface area (Å²) in [7, 11) is 0. The van der Waals surface area contributed by atoms with E-state index in [1.165, 1.54) is 0 Å². The predicted molar refractivity (Wildman–Crippen MR) is 74.4 cm³/mol. The van der Waals surface area contributed by atoms with E-state index in [4.69, 9.17) is 16.3 Å². The van der Waals surface area contributed by atoms with Gasteiger partial charge in [0.2, 0.25) is 0 Å².